The Balaban J connectivity index is 3.39. The van der Waals surface area contributed by atoms with Gasteiger partial charge in [0.2, 0.25) is 0 Å². The molecule has 0 aliphatic heterocycles. The Kier molecular flexibility index (Phi) is 16.3. The molecule has 23 heavy (non-hydrogen) atoms. The second kappa shape index (κ2) is 17.2. The first kappa shape index (κ1) is 21.9. The van der Waals surface area contributed by atoms with Gasteiger partial charge in [0.1, 0.15) is 5.78 Å². The van der Waals surface area contributed by atoms with E-state index in [1.165, 1.54) is 19.3 Å². The van der Waals surface area contributed by atoms with Crippen molar-refractivity contribution in [2.24, 2.45) is 0 Å². The minimum Gasteiger partial charge on any atom is -0.393 e. The van der Waals surface area contributed by atoms with E-state index in [0.717, 1.165) is 38.5 Å². The zero-order valence-electron chi connectivity index (χ0n) is 15.2. The van der Waals surface area contributed by atoms with Crippen molar-refractivity contribution in [3.8, 4) is 0 Å². The summed E-state index contributed by atoms with van der Waals surface area (Å²) in [6.07, 6.45) is 23.0. The second-order valence-corrected chi connectivity index (χ2v) is 6.14. The number of Topliss-reactive ketones (excluding diaryl/α,β-unsaturated/α-hetero) is 1. The first-order chi connectivity index (χ1) is 11.2. The molecule has 0 unspecified atom stereocenters. The van der Waals surface area contributed by atoms with E-state index in [-0.39, 0.29) is 5.78 Å². The van der Waals surface area contributed by atoms with Crippen LogP contribution in [0.5, 0.6) is 0 Å². The van der Waals surface area contributed by atoms with Crippen LogP contribution in [0.2, 0.25) is 0 Å². The summed E-state index contributed by atoms with van der Waals surface area (Å²) in [5.41, 5.74) is 0. The van der Waals surface area contributed by atoms with Crippen molar-refractivity contribution in [3.05, 3.63) is 36.5 Å². The summed E-state index contributed by atoms with van der Waals surface area (Å²) in [5, 5.41) is 9.78. The van der Waals surface area contributed by atoms with E-state index < -0.39 is 6.10 Å². The summed E-state index contributed by atoms with van der Waals surface area (Å²) in [6.45, 7) is 4.13. The average Bonchev–Trinajstić information content (AvgIpc) is 2.52. The smallest absolute Gasteiger partial charge is 0.135 e. The highest BCUT2D eigenvalue weighted by atomic mass is 16.3. The molecule has 0 aliphatic carbocycles. The average molecular weight is 321 g/mol. The van der Waals surface area contributed by atoms with E-state index in [1.807, 2.05) is 6.92 Å². The number of allylic oxidation sites excluding steroid dienone is 6. The van der Waals surface area contributed by atoms with Gasteiger partial charge in [-0.25, -0.2) is 0 Å². The van der Waals surface area contributed by atoms with Gasteiger partial charge in [-0.2, -0.15) is 0 Å². The van der Waals surface area contributed by atoms with Crippen molar-refractivity contribution in [1.82, 2.24) is 0 Å². The van der Waals surface area contributed by atoms with Gasteiger partial charge in [-0.3, -0.25) is 4.79 Å². The Morgan fingerprint density at radius 2 is 1.57 bits per heavy atom. The van der Waals surface area contributed by atoms with Crippen molar-refractivity contribution >= 4 is 5.78 Å². The molecule has 0 aromatic heterocycles. The minimum atomic E-state index is -0.425. The van der Waals surface area contributed by atoms with E-state index in [2.05, 4.69) is 43.4 Å². The lowest BCUT2D eigenvalue weighted by Gasteiger charge is -2.09. The van der Waals surface area contributed by atoms with E-state index in [1.54, 1.807) is 0 Å². The second-order valence-electron chi connectivity index (χ2n) is 6.14. The molecule has 0 amide bonds. The molecule has 132 valence electrons. The highest BCUT2D eigenvalue weighted by Crippen LogP contribution is 2.11. The highest BCUT2D eigenvalue weighted by Gasteiger charge is 2.09. The summed E-state index contributed by atoms with van der Waals surface area (Å²) in [5.74, 6) is 0.200. The maximum absolute atomic E-state index is 11.4. The zero-order chi connectivity index (χ0) is 17.2. The van der Waals surface area contributed by atoms with Crippen LogP contribution < -0.4 is 0 Å². The molecule has 0 saturated carbocycles. The van der Waals surface area contributed by atoms with E-state index in [9.17, 15) is 9.90 Å². The van der Waals surface area contributed by atoms with Crippen LogP contribution in [0.15, 0.2) is 36.5 Å². The maximum atomic E-state index is 11.4. The molecule has 2 nitrogen and oxygen atoms in total. The summed E-state index contributed by atoms with van der Waals surface area (Å²) in [6, 6.07) is 0. The lowest BCUT2D eigenvalue weighted by Crippen LogP contribution is -2.12. The van der Waals surface area contributed by atoms with Crippen LogP contribution >= 0.6 is 0 Å². The SMILES string of the molecule is CC/C=C/C=C\C=C/CCCCCCC[C@@H](O)CC(=O)CCC. The van der Waals surface area contributed by atoms with Gasteiger partial charge in [-0.05, 0) is 32.1 Å². The van der Waals surface area contributed by atoms with Crippen molar-refractivity contribution in [3.63, 3.8) is 0 Å². The number of hydrogen-bond acceptors (Lipinski definition) is 2. The molecule has 0 bridgehead atoms. The molecular weight excluding hydrogens is 284 g/mol. The number of aliphatic hydroxyl groups is 1. The van der Waals surface area contributed by atoms with Crippen molar-refractivity contribution in [2.75, 3.05) is 0 Å². The number of aliphatic hydroxyl groups excluding tert-OH is 1. The molecule has 0 aromatic carbocycles. The lowest BCUT2D eigenvalue weighted by molar-refractivity contribution is -0.121. The fourth-order valence-electron chi connectivity index (χ4n) is 2.44. The molecule has 2 heteroatoms. The van der Waals surface area contributed by atoms with Gasteiger partial charge < -0.3 is 5.11 Å². The number of hydrogen-bond donors (Lipinski definition) is 1. The summed E-state index contributed by atoms with van der Waals surface area (Å²) in [7, 11) is 0. The standard InChI is InChI=1S/C21H36O2/c1-3-5-6-7-8-9-10-11-12-13-14-15-16-18-21(23)19-20(22)17-4-2/h5-10,21,23H,3-4,11-19H2,1-2H3/b6-5+,8-7-,10-9-/t21-/m1/s1. The molecule has 0 rings (SSSR count). The van der Waals surface area contributed by atoms with Gasteiger partial charge in [0.25, 0.3) is 0 Å². The van der Waals surface area contributed by atoms with Gasteiger partial charge in [-0.15, -0.1) is 0 Å². The van der Waals surface area contributed by atoms with Crippen LogP contribution in [0.4, 0.5) is 0 Å². The molecule has 0 aliphatic rings. The van der Waals surface area contributed by atoms with Crippen LogP contribution in [0, 0.1) is 0 Å². The van der Waals surface area contributed by atoms with E-state index >= 15 is 0 Å². The molecule has 0 radical (unpaired) electrons. The number of carbonyl (C=O) groups excluding carboxylic acids is 1. The van der Waals surface area contributed by atoms with Crippen LogP contribution in [0.3, 0.4) is 0 Å². The normalized spacial score (nSPS) is 13.5. The fourth-order valence-corrected chi connectivity index (χ4v) is 2.44. The Labute approximate surface area is 143 Å². The summed E-state index contributed by atoms with van der Waals surface area (Å²) < 4.78 is 0. The third-order valence-electron chi connectivity index (χ3n) is 3.74. The summed E-state index contributed by atoms with van der Waals surface area (Å²) >= 11 is 0. The monoisotopic (exact) mass is 320 g/mol. The third-order valence-corrected chi connectivity index (χ3v) is 3.74. The fraction of sp³-hybridized carbons (Fsp3) is 0.667. The maximum Gasteiger partial charge on any atom is 0.135 e. The predicted octanol–water partition coefficient (Wildman–Crippen LogP) is 5.92. The zero-order valence-corrected chi connectivity index (χ0v) is 15.2. The highest BCUT2D eigenvalue weighted by molar-refractivity contribution is 5.78. The van der Waals surface area contributed by atoms with Crippen LogP contribution in [-0.2, 0) is 4.79 Å². The van der Waals surface area contributed by atoms with Gasteiger partial charge in [0.05, 0.1) is 6.10 Å². The molecular formula is C21H36O2. The summed E-state index contributed by atoms with van der Waals surface area (Å²) in [4.78, 5) is 11.4. The molecule has 1 N–H and O–H groups in total. The lowest BCUT2D eigenvalue weighted by atomic mass is 10.0. The molecule has 0 fully saturated rings. The Morgan fingerprint density at radius 1 is 0.913 bits per heavy atom. The molecule has 0 saturated heterocycles. The largest absolute Gasteiger partial charge is 0.393 e. The number of unbranched alkanes of at least 4 members (excludes halogenated alkanes) is 5. The Bertz CT molecular complexity index is 353. The topological polar surface area (TPSA) is 37.3 Å². The number of ketones is 1. The first-order valence-electron chi connectivity index (χ1n) is 9.38. The minimum absolute atomic E-state index is 0.200. The van der Waals surface area contributed by atoms with Gasteiger partial charge in [0, 0.05) is 12.8 Å². The van der Waals surface area contributed by atoms with Crippen LogP contribution in [0.1, 0.15) is 84.5 Å². The van der Waals surface area contributed by atoms with Crippen molar-refractivity contribution < 1.29 is 9.90 Å². The van der Waals surface area contributed by atoms with E-state index in [4.69, 9.17) is 0 Å². The van der Waals surface area contributed by atoms with Gasteiger partial charge in [-0.1, -0.05) is 76.0 Å². The third kappa shape index (κ3) is 17.0. The molecule has 0 heterocycles. The van der Waals surface area contributed by atoms with Crippen LogP contribution in [0.25, 0.3) is 0 Å². The molecule has 0 spiro atoms. The Morgan fingerprint density at radius 3 is 2.26 bits per heavy atom. The van der Waals surface area contributed by atoms with Crippen molar-refractivity contribution in [2.45, 2.75) is 90.6 Å². The van der Waals surface area contributed by atoms with E-state index in [0.29, 0.717) is 12.8 Å². The number of rotatable bonds is 15. The quantitative estimate of drug-likeness (QED) is 0.300. The first-order valence-corrected chi connectivity index (χ1v) is 9.38. The number of carbonyl (C=O) groups is 1. The molecule has 0 aromatic rings. The van der Waals surface area contributed by atoms with Gasteiger partial charge in [0.15, 0.2) is 0 Å². The predicted molar refractivity (Wildman–Crippen MR) is 101 cm³/mol. The van der Waals surface area contributed by atoms with Crippen LogP contribution in [-0.4, -0.2) is 17.0 Å². The Hall–Kier alpha value is -1.15. The van der Waals surface area contributed by atoms with Gasteiger partial charge >= 0.3 is 0 Å². The molecule has 1 atom stereocenters. The van der Waals surface area contributed by atoms with Crippen molar-refractivity contribution in [1.29, 1.82) is 0 Å².